The number of halogens is 3. The van der Waals surface area contributed by atoms with E-state index in [-0.39, 0.29) is 28.6 Å². The van der Waals surface area contributed by atoms with Gasteiger partial charge in [-0.3, -0.25) is 0 Å². The first-order valence-corrected chi connectivity index (χ1v) is 34.5. The van der Waals surface area contributed by atoms with E-state index in [4.69, 9.17) is 22.9 Å². The van der Waals surface area contributed by atoms with Gasteiger partial charge in [-0.15, -0.1) is 0 Å². The minimum absolute atomic E-state index is 0. The minimum Gasteiger partial charge on any atom is -0.331 e. The molecule has 2 aliphatic rings. The van der Waals surface area contributed by atoms with Crippen LogP contribution in [0.15, 0.2) is 125 Å². The summed E-state index contributed by atoms with van der Waals surface area (Å²) in [5, 5.41) is 6.40. The van der Waals surface area contributed by atoms with Crippen LogP contribution in [0.3, 0.4) is 0 Å². The predicted octanol–water partition coefficient (Wildman–Crippen LogP) is 12.2. The van der Waals surface area contributed by atoms with Crippen LogP contribution in [0.1, 0.15) is 148 Å². The van der Waals surface area contributed by atoms with Gasteiger partial charge in [0.25, 0.3) is 0 Å². The Balaban J connectivity index is -0.000000889. The van der Waals surface area contributed by atoms with Gasteiger partial charge in [0.1, 0.15) is 0 Å². The van der Waals surface area contributed by atoms with E-state index in [0.29, 0.717) is 40.8 Å². The number of hydrogen-bond donors (Lipinski definition) is 7. The topological polar surface area (TPSA) is 249 Å². The number of sulfonamides is 3. The van der Waals surface area contributed by atoms with E-state index < -0.39 is 30.1 Å². The predicted molar refractivity (Wildman–Crippen MR) is 352 cm³/mol. The molecule has 15 nitrogen and oxygen atoms in total. The van der Waals surface area contributed by atoms with Crippen molar-refractivity contribution >= 4 is 77.9 Å². The number of nitrogens with zero attached hydrogens (tertiary/aromatic N) is 2. The quantitative estimate of drug-likeness (QED) is 0.0553. The van der Waals surface area contributed by atoms with Crippen molar-refractivity contribution in [3.05, 3.63) is 122 Å². The minimum atomic E-state index is -3.40. The van der Waals surface area contributed by atoms with Crippen molar-refractivity contribution in [1.82, 2.24) is 24.0 Å². The molecule has 1 fully saturated rings. The van der Waals surface area contributed by atoms with Crippen LogP contribution in [0.5, 0.6) is 0 Å². The van der Waals surface area contributed by atoms with E-state index >= 15 is 0 Å². The van der Waals surface area contributed by atoms with E-state index in [1.54, 1.807) is 90.9 Å². The number of nitrogens with two attached hydrogens (primary N) is 4. The molecule has 462 valence electrons. The fourth-order valence-corrected chi connectivity index (χ4v) is 11.7. The third kappa shape index (κ3) is 40.9. The van der Waals surface area contributed by atoms with Crippen LogP contribution in [0.4, 0.5) is 0 Å². The standard InChI is InChI=1S/C13H18BrNO2S.C12H18BrNO2S.C9H12BrNO2S.C8H9N.3C4H11N.C3H9N.C2H7N/c1-2-9-15(10-11-3-4-11)18(16,17)13-7-5-12(14)6-8-13;1-9(2)14(10(3)4)17(15,16)12-7-5-11(13)6-8-12;1-7(2)11-14(12,13)9-5-3-8(10)4-6-9;1-2-4-8-6-9-5-7(8)3-1;1-4(2,3)5;1-4(2)3-5;1-3-5-4-2;1-3(2)4;1-2-3/h5-8,11H,2-4,9-10H2,1H3;5-10H,1-4H3;3-7,11H,1-2H3;1-4,9H,5-6H2;5H2,1-3H3;4H,3,5H2,1-2H3;5H,3-4H2,1-2H3;3H,4H2,1-2H3;2-3H2,1H3. The van der Waals surface area contributed by atoms with Crippen molar-refractivity contribution in [2.24, 2.45) is 34.8 Å². The van der Waals surface area contributed by atoms with E-state index in [1.807, 2.05) is 76.2 Å². The van der Waals surface area contributed by atoms with E-state index in [2.05, 4.69) is 115 Å². The van der Waals surface area contributed by atoms with Crippen molar-refractivity contribution in [2.75, 3.05) is 39.3 Å². The Hall–Kier alpha value is -2.19. The third-order valence-electron chi connectivity index (χ3n) is 9.73. The SMILES string of the molecule is CC(C)(C)N.CC(C)CN.CC(C)N.CC(C)N(C(C)C)S(=O)(=O)c1ccc(Br)cc1.CC(C)NS(=O)(=O)c1ccc(Br)cc1.CCCN(CC1CC1)S(=O)(=O)c1ccc(Br)cc1.CCN.CCNCC.c1ccc2c(c1)CNC2. The van der Waals surface area contributed by atoms with Gasteiger partial charge >= 0.3 is 0 Å². The number of hydrogen-bond acceptors (Lipinski definition) is 12. The molecule has 1 saturated carbocycles. The van der Waals surface area contributed by atoms with E-state index in [1.165, 1.54) is 15.4 Å². The van der Waals surface area contributed by atoms with Crippen LogP contribution < -0.4 is 38.3 Å². The highest BCUT2D eigenvalue weighted by Gasteiger charge is 2.31. The Morgan fingerprint density at radius 1 is 0.613 bits per heavy atom. The lowest BCUT2D eigenvalue weighted by Gasteiger charge is -2.29. The summed E-state index contributed by atoms with van der Waals surface area (Å²) in [7, 11) is -10.1. The molecular formula is C59H106Br3N9O6S3. The van der Waals surface area contributed by atoms with E-state index in [9.17, 15) is 25.3 Å². The summed E-state index contributed by atoms with van der Waals surface area (Å²) in [6.45, 7) is 40.3. The molecule has 0 bridgehead atoms. The highest BCUT2D eigenvalue weighted by atomic mass is 79.9. The highest BCUT2D eigenvalue weighted by molar-refractivity contribution is 9.11. The van der Waals surface area contributed by atoms with Crippen molar-refractivity contribution in [1.29, 1.82) is 0 Å². The van der Waals surface area contributed by atoms with E-state index in [0.717, 1.165) is 71.9 Å². The molecule has 21 heteroatoms. The largest absolute Gasteiger partial charge is 0.331 e. The van der Waals surface area contributed by atoms with Gasteiger partial charge in [0.05, 0.1) is 14.7 Å². The van der Waals surface area contributed by atoms with Gasteiger partial charge in [0.15, 0.2) is 0 Å². The van der Waals surface area contributed by atoms with Gasteiger partial charge in [-0.1, -0.05) is 127 Å². The van der Waals surface area contributed by atoms with Crippen LogP contribution in [0.25, 0.3) is 0 Å². The van der Waals surface area contributed by atoms with Crippen molar-refractivity contribution in [3.63, 3.8) is 0 Å². The number of fused-ring (bicyclic) bond motifs is 1. The van der Waals surface area contributed by atoms with Crippen LogP contribution in [-0.2, 0) is 43.2 Å². The van der Waals surface area contributed by atoms with Crippen molar-refractivity contribution in [2.45, 2.75) is 194 Å². The van der Waals surface area contributed by atoms with Crippen LogP contribution in [-0.4, -0.2) is 103 Å². The average Bonchev–Trinajstić information content (AvgIpc) is 4.04. The second-order valence-corrected chi connectivity index (χ2v) is 29.7. The van der Waals surface area contributed by atoms with Gasteiger partial charge in [0.2, 0.25) is 30.1 Å². The molecule has 1 heterocycles. The average molecular weight is 1370 g/mol. The lowest BCUT2D eigenvalue weighted by Crippen LogP contribution is -2.41. The summed E-state index contributed by atoms with van der Waals surface area (Å²) in [5.74, 6) is 1.23. The molecule has 0 atom stereocenters. The molecule has 0 unspecified atom stereocenters. The fourth-order valence-electron chi connectivity index (χ4n) is 6.26. The summed E-state index contributed by atoms with van der Waals surface area (Å²) in [6.07, 6.45) is 3.18. The van der Waals surface area contributed by atoms with Crippen LogP contribution in [0, 0.1) is 11.8 Å². The normalized spacial score (nSPS) is 12.7. The molecule has 11 N–H and O–H groups in total. The number of benzene rings is 4. The Morgan fingerprint density at radius 3 is 1.20 bits per heavy atom. The van der Waals surface area contributed by atoms with Crippen LogP contribution >= 0.6 is 47.8 Å². The van der Waals surface area contributed by atoms with Gasteiger partial charge in [-0.05, 0) is 210 Å². The maximum absolute atomic E-state index is 12.5. The molecule has 4 aromatic rings. The summed E-state index contributed by atoms with van der Waals surface area (Å²) < 4.78 is 81.4. The molecule has 1 aliphatic carbocycles. The summed E-state index contributed by atoms with van der Waals surface area (Å²) >= 11 is 9.87. The lowest BCUT2D eigenvalue weighted by molar-refractivity contribution is 0.302. The molecule has 0 aromatic heterocycles. The molecule has 0 radical (unpaired) electrons. The molecule has 0 amide bonds. The summed E-state index contributed by atoms with van der Waals surface area (Å²) in [4.78, 5) is 1.01. The van der Waals surface area contributed by atoms with Gasteiger partial charge < -0.3 is 33.6 Å². The molecule has 80 heavy (non-hydrogen) atoms. The smallest absolute Gasteiger partial charge is 0.243 e. The van der Waals surface area contributed by atoms with Gasteiger partial charge in [-0.2, -0.15) is 8.61 Å². The Kier molecular flexibility index (Phi) is 45.4. The first-order valence-electron chi connectivity index (χ1n) is 27.8. The Morgan fingerprint density at radius 2 is 0.938 bits per heavy atom. The summed E-state index contributed by atoms with van der Waals surface area (Å²) in [5.41, 5.74) is 23.4. The maximum Gasteiger partial charge on any atom is 0.243 e. The Bertz CT molecular complexity index is 2470. The molecule has 0 spiro atoms. The maximum atomic E-state index is 12.5. The monoisotopic (exact) mass is 1370 g/mol. The Labute approximate surface area is 513 Å². The second-order valence-electron chi connectivity index (χ2n) is 21.4. The zero-order valence-corrected chi connectivity index (χ0v) is 58.7. The third-order valence-corrected chi connectivity index (χ3v) is 17.1. The summed E-state index contributed by atoms with van der Waals surface area (Å²) in [6, 6.07) is 28.8. The molecule has 4 aromatic carbocycles. The van der Waals surface area contributed by atoms with Crippen LogP contribution in [0.2, 0.25) is 0 Å². The highest BCUT2D eigenvalue weighted by Crippen LogP contribution is 2.32. The van der Waals surface area contributed by atoms with Crippen molar-refractivity contribution < 1.29 is 25.3 Å². The lowest BCUT2D eigenvalue weighted by atomic mass is 10.1. The second kappa shape index (κ2) is 44.3. The molecule has 1 aliphatic heterocycles. The first kappa shape index (κ1) is 82.0. The number of nitrogens with one attached hydrogen (secondary N) is 3. The number of rotatable bonds is 16. The van der Waals surface area contributed by atoms with Gasteiger partial charge in [0, 0.05) is 63.3 Å². The molecular weight excluding hydrogens is 1270 g/mol. The molecule has 6 rings (SSSR count). The first-order chi connectivity index (χ1) is 37.0. The molecule has 0 saturated heterocycles. The van der Waals surface area contributed by atoms with Crippen molar-refractivity contribution in [3.8, 4) is 0 Å². The zero-order valence-electron chi connectivity index (χ0n) is 51.5. The zero-order chi connectivity index (χ0) is 62.5. The van der Waals surface area contributed by atoms with Gasteiger partial charge in [-0.25, -0.2) is 30.0 Å². The fraction of sp³-hybridized carbons (Fsp3) is 0.593.